The Labute approximate surface area is 87.3 Å². The first kappa shape index (κ1) is 12.0. The fourth-order valence-corrected chi connectivity index (χ4v) is 2.25. The van der Waals surface area contributed by atoms with Crippen LogP contribution in [0.25, 0.3) is 0 Å². The van der Waals surface area contributed by atoms with Gasteiger partial charge in [-0.3, -0.25) is 0 Å². The second-order valence-electron chi connectivity index (χ2n) is 5.27. The summed E-state index contributed by atoms with van der Waals surface area (Å²) in [6.07, 6.45) is 6.24. The fourth-order valence-electron chi connectivity index (χ4n) is 2.25. The largest absolute Gasteiger partial charge is 0.330 e. The lowest BCUT2D eigenvalue weighted by Gasteiger charge is -2.40. The van der Waals surface area contributed by atoms with Gasteiger partial charge in [0.15, 0.2) is 0 Å². The zero-order chi connectivity index (χ0) is 10.7. The molecule has 2 heteroatoms. The minimum atomic E-state index is -0.870. The van der Waals surface area contributed by atoms with Crippen LogP contribution in [0.15, 0.2) is 0 Å². The fraction of sp³-hybridized carbons (Fsp3) is 1.00. The Hall–Kier alpha value is -0.110. The van der Waals surface area contributed by atoms with E-state index in [1.807, 2.05) is 0 Å². The van der Waals surface area contributed by atoms with Gasteiger partial charge in [0.2, 0.25) is 0 Å². The summed E-state index contributed by atoms with van der Waals surface area (Å²) in [5, 5.41) is 0. The van der Waals surface area contributed by atoms with Crippen molar-refractivity contribution in [3.05, 3.63) is 0 Å². The van der Waals surface area contributed by atoms with Gasteiger partial charge in [0.1, 0.15) is 5.67 Å². The summed E-state index contributed by atoms with van der Waals surface area (Å²) in [6.45, 7) is 5.01. The number of hydrogen-bond acceptors (Lipinski definition) is 1. The van der Waals surface area contributed by atoms with E-state index in [0.29, 0.717) is 6.54 Å². The van der Waals surface area contributed by atoms with Crippen LogP contribution in [0.4, 0.5) is 4.39 Å². The molecule has 1 aliphatic rings. The number of halogens is 1. The molecule has 1 nitrogen and oxygen atoms in total. The standard InChI is InChI=1S/C12H24FN/c1-3-4-5-12(13)8-6-11(2,10-14)7-9-12/h3-10,14H2,1-2H3. The summed E-state index contributed by atoms with van der Waals surface area (Å²) < 4.78 is 14.2. The highest BCUT2D eigenvalue weighted by Gasteiger charge is 2.39. The monoisotopic (exact) mass is 201 g/mol. The SMILES string of the molecule is CCCCC1(F)CCC(C)(CN)CC1. The molecular weight excluding hydrogens is 177 g/mol. The van der Waals surface area contributed by atoms with Crippen molar-refractivity contribution in [2.24, 2.45) is 11.1 Å². The minimum Gasteiger partial charge on any atom is -0.330 e. The molecule has 0 aromatic heterocycles. The smallest absolute Gasteiger partial charge is 0.111 e. The average Bonchev–Trinajstić information content (AvgIpc) is 2.21. The van der Waals surface area contributed by atoms with Gasteiger partial charge in [0, 0.05) is 0 Å². The second kappa shape index (κ2) is 4.61. The maximum absolute atomic E-state index is 14.2. The minimum absolute atomic E-state index is 0.210. The summed E-state index contributed by atoms with van der Waals surface area (Å²) in [5.74, 6) is 0. The predicted molar refractivity (Wildman–Crippen MR) is 59.0 cm³/mol. The van der Waals surface area contributed by atoms with E-state index in [2.05, 4.69) is 13.8 Å². The number of nitrogens with two attached hydrogens (primary N) is 1. The molecule has 0 unspecified atom stereocenters. The van der Waals surface area contributed by atoms with Crippen LogP contribution in [-0.4, -0.2) is 12.2 Å². The zero-order valence-electron chi connectivity index (χ0n) is 9.61. The van der Waals surface area contributed by atoms with E-state index in [-0.39, 0.29) is 5.41 Å². The first-order chi connectivity index (χ1) is 6.54. The Balaban J connectivity index is 2.40. The van der Waals surface area contributed by atoms with Crippen LogP contribution in [0.5, 0.6) is 0 Å². The molecule has 0 aromatic carbocycles. The highest BCUT2D eigenvalue weighted by Crippen LogP contribution is 2.44. The molecule has 0 heterocycles. The Morgan fingerprint density at radius 2 is 1.79 bits per heavy atom. The van der Waals surface area contributed by atoms with Gasteiger partial charge in [0.05, 0.1) is 0 Å². The average molecular weight is 201 g/mol. The Morgan fingerprint density at radius 1 is 1.21 bits per heavy atom. The molecule has 1 rings (SSSR count). The normalized spacial score (nSPS) is 38.6. The van der Waals surface area contributed by atoms with Crippen molar-refractivity contribution in [1.29, 1.82) is 0 Å². The summed E-state index contributed by atoms with van der Waals surface area (Å²) in [5.41, 5.74) is 5.04. The number of rotatable bonds is 4. The quantitative estimate of drug-likeness (QED) is 0.741. The van der Waals surface area contributed by atoms with Gasteiger partial charge in [-0.25, -0.2) is 4.39 Å². The van der Waals surface area contributed by atoms with E-state index in [0.717, 1.165) is 44.9 Å². The second-order valence-corrected chi connectivity index (χ2v) is 5.27. The van der Waals surface area contributed by atoms with Crippen LogP contribution in [0.3, 0.4) is 0 Å². The van der Waals surface area contributed by atoms with E-state index in [1.165, 1.54) is 0 Å². The van der Waals surface area contributed by atoms with Crippen molar-refractivity contribution < 1.29 is 4.39 Å². The number of unbranched alkanes of at least 4 members (excludes halogenated alkanes) is 1. The Morgan fingerprint density at radius 3 is 2.21 bits per heavy atom. The van der Waals surface area contributed by atoms with Crippen LogP contribution < -0.4 is 5.73 Å². The topological polar surface area (TPSA) is 26.0 Å². The van der Waals surface area contributed by atoms with Crippen LogP contribution in [-0.2, 0) is 0 Å². The molecule has 1 fully saturated rings. The maximum Gasteiger partial charge on any atom is 0.111 e. The highest BCUT2D eigenvalue weighted by molar-refractivity contribution is 4.91. The van der Waals surface area contributed by atoms with Crippen molar-refractivity contribution in [3.63, 3.8) is 0 Å². The number of alkyl halides is 1. The van der Waals surface area contributed by atoms with Crippen LogP contribution in [0, 0.1) is 5.41 Å². The molecule has 1 aliphatic carbocycles. The molecule has 2 N–H and O–H groups in total. The molecule has 0 aromatic rings. The third kappa shape index (κ3) is 2.94. The molecule has 0 radical (unpaired) electrons. The highest BCUT2D eigenvalue weighted by atomic mass is 19.1. The van der Waals surface area contributed by atoms with E-state index in [1.54, 1.807) is 0 Å². The Kier molecular flexibility index (Phi) is 3.94. The van der Waals surface area contributed by atoms with Gasteiger partial charge in [-0.05, 0) is 44.1 Å². The van der Waals surface area contributed by atoms with E-state index < -0.39 is 5.67 Å². The molecule has 0 amide bonds. The molecule has 0 saturated heterocycles. The van der Waals surface area contributed by atoms with Gasteiger partial charge in [-0.1, -0.05) is 26.7 Å². The van der Waals surface area contributed by atoms with Gasteiger partial charge in [-0.15, -0.1) is 0 Å². The third-order valence-electron chi connectivity index (χ3n) is 3.82. The summed E-state index contributed by atoms with van der Waals surface area (Å²) in [4.78, 5) is 0. The summed E-state index contributed by atoms with van der Waals surface area (Å²) in [6, 6.07) is 0. The van der Waals surface area contributed by atoms with Crippen LogP contribution in [0.1, 0.15) is 58.8 Å². The molecule has 0 atom stereocenters. The maximum atomic E-state index is 14.2. The molecule has 0 spiro atoms. The molecular formula is C12H24FN. The van der Waals surface area contributed by atoms with Gasteiger partial charge < -0.3 is 5.73 Å². The first-order valence-corrected chi connectivity index (χ1v) is 5.93. The summed E-state index contributed by atoms with van der Waals surface area (Å²) in [7, 11) is 0. The van der Waals surface area contributed by atoms with Gasteiger partial charge in [-0.2, -0.15) is 0 Å². The van der Waals surface area contributed by atoms with Crippen molar-refractivity contribution in [1.82, 2.24) is 0 Å². The zero-order valence-corrected chi connectivity index (χ0v) is 9.61. The van der Waals surface area contributed by atoms with Crippen molar-refractivity contribution >= 4 is 0 Å². The molecule has 14 heavy (non-hydrogen) atoms. The van der Waals surface area contributed by atoms with Crippen molar-refractivity contribution in [2.45, 2.75) is 64.5 Å². The summed E-state index contributed by atoms with van der Waals surface area (Å²) >= 11 is 0. The lowest BCUT2D eigenvalue weighted by Crippen LogP contribution is -2.38. The molecule has 84 valence electrons. The lowest BCUT2D eigenvalue weighted by molar-refractivity contribution is 0.0412. The van der Waals surface area contributed by atoms with E-state index in [4.69, 9.17) is 5.73 Å². The predicted octanol–water partition coefficient (Wildman–Crippen LogP) is 3.42. The van der Waals surface area contributed by atoms with Gasteiger partial charge >= 0.3 is 0 Å². The van der Waals surface area contributed by atoms with E-state index in [9.17, 15) is 4.39 Å². The van der Waals surface area contributed by atoms with E-state index >= 15 is 0 Å². The van der Waals surface area contributed by atoms with Crippen LogP contribution >= 0.6 is 0 Å². The van der Waals surface area contributed by atoms with Gasteiger partial charge in [0.25, 0.3) is 0 Å². The third-order valence-corrected chi connectivity index (χ3v) is 3.82. The van der Waals surface area contributed by atoms with Crippen LogP contribution in [0.2, 0.25) is 0 Å². The molecule has 1 saturated carbocycles. The molecule has 0 bridgehead atoms. The number of hydrogen-bond donors (Lipinski definition) is 1. The van der Waals surface area contributed by atoms with Crippen molar-refractivity contribution in [2.75, 3.05) is 6.54 Å². The first-order valence-electron chi connectivity index (χ1n) is 5.93. The molecule has 0 aliphatic heterocycles. The van der Waals surface area contributed by atoms with Crippen molar-refractivity contribution in [3.8, 4) is 0 Å². The Bertz CT molecular complexity index is 171. The lowest BCUT2D eigenvalue weighted by atomic mass is 9.69.